The van der Waals surface area contributed by atoms with Crippen LogP contribution in [-0.4, -0.2) is 17.6 Å². The van der Waals surface area contributed by atoms with Crippen LogP contribution in [0.3, 0.4) is 0 Å². The Kier molecular flexibility index (Phi) is 5.67. The zero-order valence-electron chi connectivity index (χ0n) is 19.5. The van der Waals surface area contributed by atoms with Gasteiger partial charge in [0.25, 0.3) is 0 Å². The highest BCUT2D eigenvalue weighted by atomic mass is 16.5. The molecule has 0 radical (unpaired) electrons. The number of carbonyl (C=O) groups excluding carboxylic acids is 1. The zero-order valence-corrected chi connectivity index (χ0v) is 19.5. The number of nitrogens with zero attached hydrogens (tertiary/aromatic N) is 1. The summed E-state index contributed by atoms with van der Waals surface area (Å²) in [6.45, 7) is 5.64. The second-order valence-corrected chi connectivity index (χ2v) is 9.14. The van der Waals surface area contributed by atoms with Crippen LogP contribution in [0.25, 0.3) is 10.9 Å². The van der Waals surface area contributed by atoms with Gasteiger partial charge in [-0.1, -0.05) is 60.2 Å². The van der Waals surface area contributed by atoms with E-state index in [-0.39, 0.29) is 17.7 Å². The molecule has 0 aliphatic heterocycles. The van der Waals surface area contributed by atoms with Crippen molar-refractivity contribution in [2.45, 2.75) is 39.3 Å². The Morgan fingerprint density at radius 1 is 1.03 bits per heavy atom. The summed E-state index contributed by atoms with van der Waals surface area (Å²) in [6, 6.07) is 23.0. The summed E-state index contributed by atoms with van der Waals surface area (Å²) >= 11 is 0. The Bertz CT molecular complexity index is 1320. The van der Waals surface area contributed by atoms with Gasteiger partial charge < -0.3 is 14.6 Å². The molecular weight excluding hydrogens is 408 g/mol. The maximum atomic E-state index is 12.9. The van der Waals surface area contributed by atoms with E-state index in [4.69, 9.17) is 4.74 Å². The minimum atomic E-state index is 0.0275. The molecule has 33 heavy (non-hydrogen) atoms. The molecule has 1 aliphatic rings. The number of amides is 1. The molecule has 1 amide bonds. The highest BCUT2D eigenvalue weighted by Gasteiger charge is 2.45. The van der Waals surface area contributed by atoms with Crippen LogP contribution < -0.4 is 10.1 Å². The molecule has 1 fully saturated rings. The number of carbonyl (C=O) groups is 1. The predicted octanol–water partition coefficient (Wildman–Crippen LogP) is 5.73. The van der Waals surface area contributed by atoms with Crippen molar-refractivity contribution >= 4 is 16.8 Å². The summed E-state index contributed by atoms with van der Waals surface area (Å²) in [4.78, 5) is 12.9. The number of hydrogen-bond acceptors (Lipinski definition) is 2. The monoisotopic (exact) mass is 438 g/mol. The van der Waals surface area contributed by atoms with E-state index in [1.807, 2.05) is 24.3 Å². The second-order valence-electron chi connectivity index (χ2n) is 9.14. The van der Waals surface area contributed by atoms with Crippen LogP contribution in [0.4, 0.5) is 0 Å². The Morgan fingerprint density at radius 2 is 1.82 bits per heavy atom. The second kappa shape index (κ2) is 8.78. The van der Waals surface area contributed by atoms with E-state index >= 15 is 0 Å². The zero-order chi connectivity index (χ0) is 22.9. The van der Waals surface area contributed by atoms with Gasteiger partial charge in [0.15, 0.2) is 0 Å². The van der Waals surface area contributed by atoms with Crippen molar-refractivity contribution < 1.29 is 9.53 Å². The lowest BCUT2D eigenvalue weighted by atomic mass is 10.1. The average Bonchev–Trinajstić information content (AvgIpc) is 3.55. The molecule has 1 heterocycles. The van der Waals surface area contributed by atoms with Crippen LogP contribution in [0.2, 0.25) is 0 Å². The van der Waals surface area contributed by atoms with Crippen molar-refractivity contribution in [3.63, 3.8) is 0 Å². The van der Waals surface area contributed by atoms with Gasteiger partial charge in [0, 0.05) is 41.7 Å². The minimum Gasteiger partial charge on any atom is -0.496 e. The van der Waals surface area contributed by atoms with Crippen molar-refractivity contribution in [2.75, 3.05) is 7.11 Å². The van der Waals surface area contributed by atoms with Gasteiger partial charge in [0.2, 0.25) is 5.91 Å². The molecule has 5 rings (SSSR count). The number of benzene rings is 3. The number of hydrogen-bond donors (Lipinski definition) is 1. The van der Waals surface area contributed by atoms with E-state index in [1.165, 1.54) is 33.2 Å². The fourth-order valence-electron chi connectivity index (χ4n) is 4.85. The number of nitrogens with one attached hydrogen (secondary N) is 1. The van der Waals surface area contributed by atoms with Crippen LogP contribution >= 0.6 is 0 Å². The Hall–Kier alpha value is -3.53. The molecule has 1 saturated carbocycles. The van der Waals surface area contributed by atoms with Crippen LogP contribution in [0, 0.1) is 19.8 Å². The first kappa shape index (κ1) is 21.3. The molecule has 1 N–H and O–H groups in total. The van der Waals surface area contributed by atoms with E-state index in [2.05, 4.69) is 72.4 Å². The largest absolute Gasteiger partial charge is 0.496 e. The lowest BCUT2D eigenvalue weighted by molar-refractivity contribution is -0.122. The lowest BCUT2D eigenvalue weighted by Crippen LogP contribution is -2.25. The Morgan fingerprint density at radius 3 is 2.67 bits per heavy atom. The molecule has 4 heteroatoms. The minimum absolute atomic E-state index is 0.0275. The standard InChI is InChI=1S/C29H30N2O2/c1-19-12-13-20(2)22(14-19)17-31-18-26(23-9-5-6-10-27(23)31)24-15-25(24)29(32)30-16-21-8-4-7-11-28(21)33-3/h4-14,18,24-25H,15-17H2,1-3H3,(H,30,32)/t24-,25-/m0/s1. The first-order valence-corrected chi connectivity index (χ1v) is 11.6. The molecule has 0 spiro atoms. The molecular formula is C29H30N2O2. The lowest BCUT2D eigenvalue weighted by Gasteiger charge is -2.10. The molecule has 1 aromatic heterocycles. The van der Waals surface area contributed by atoms with Gasteiger partial charge in [-0.3, -0.25) is 4.79 Å². The number of rotatable bonds is 7. The normalized spacial score (nSPS) is 17.2. The van der Waals surface area contributed by atoms with Crippen molar-refractivity contribution in [3.05, 3.63) is 101 Å². The summed E-state index contributed by atoms with van der Waals surface area (Å²) in [5.74, 6) is 1.23. The van der Waals surface area contributed by atoms with E-state index in [0.717, 1.165) is 24.3 Å². The molecule has 3 aromatic carbocycles. The smallest absolute Gasteiger partial charge is 0.224 e. The third-order valence-electron chi connectivity index (χ3n) is 6.84. The molecule has 1 aliphatic carbocycles. The highest BCUT2D eigenvalue weighted by molar-refractivity contribution is 5.89. The summed E-state index contributed by atoms with van der Waals surface area (Å²) in [7, 11) is 1.66. The quantitative estimate of drug-likeness (QED) is 0.400. The van der Waals surface area contributed by atoms with Crippen LogP contribution in [0.5, 0.6) is 5.75 Å². The molecule has 0 unspecified atom stereocenters. The van der Waals surface area contributed by atoms with Gasteiger partial charge in [-0.2, -0.15) is 0 Å². The number of ether oxygens (including phenoxy) is 1. The topological polar surface area (TPSA) is 43.3 Å². The molecule has 168 valence electrons. The Labute approximate surface area is 195 Å². The SMILES string of the molecule is COc1ccccc1CNC(=O)[C@H]1C[C@@H]1c1cn(Cc2cc(C)ccc2C)c2ccccc12. The number of aromatic nitrogens is 1. The van der Waals surface area contributed by atoms with Gasteiger partial charge in [0.05, 0.1) is 7.11 Å². The number of methoxy groups -OCH3 is 1. The van der Waals surface area contributed by atoms with Crippen molar-refractivity contribution in [1.82, 2.24) is 9.88 Å². The average molecular weight is 439 g/mol. The molecule has 0 bridgehead atoms. The third kappa shape index (κ3) is 4.25. The predicted molar refractivity (Wildman–Crippen MR) is 133 cm³/mol. The van der Waals surface area contributed by atoms with E-state index in [0.29, 0.717) is 6.54 Å². The van der Waals surface area contributed by atoms with E-state index < -0.39 is 0 Å². The number of aryl methyl sites for hydroxylation is 2. The summed E-state index contributed by atoms with van der Waals surface area (Å²) < 4.78 is 7.75. The van der Waals surface area contributed by atoms with Gasteiger partial charge in [-0.25, -0.2) is 0 Å². The van der Waals surface area contributed by atoms with E-state index in [9.17, 15) is 4.79 Å². The van der Waals surface area contributed by atoms with Crippen LogP contribution in [-0.2, 0) is 17.9 Å². The molecule has 4 nitrogen and oxygen atoms in total. The molecule has 2 atom stereocenters. The molecule has 4 aromatic rings. The molecule has 0 saturated heterocycles. The van der Waals surface area contributed by atoms with E-state index in [1.54, 1.807) is 7.11 Å². The highest BCUT2D eigenvalue weighted by Crippen LogP contribution is 2.50. The van der Waals surface area contributed by atoms with Gasteiger partial charge >= 0.3 is 0 Å². The van der Waals surface area contributed by atoms with Gasteiger partial charge in [-0.05, 0) is 55.0 Å². The van der Waals surface area contributed by atoms with Gasteiger partial charge in [-0.15, -0.1) is 0 Å². The first-order valence-electron chi connectivity index (χ1n) is 11.6. The van der Waals surface area contributed by atoms with Crippen molar-refractivity contribution in [1.29, 1.82) is 0 Å². The maximum absolute atomic E-state index is 12.9. The summed E-state index contributed by atoms with van der Waals surface area (Å²) in [6.07, 6.45) is 3.17. The van der Waals surface area contributed by atoms with Crippen molar-refractivity contribution in [3.8, 4) is 5.75 Å². The summed E-state index contributed by atoms with van der Waals surface area (Å²) in [5.41, 5.74) is 7.43. The summed E-state index contributed by atoms with van der Waals surface area (Å²) in [5, 5.41) is 4.38. The van der Waals surface area contributed by atoms with Gasteiger partial charge in [0.1, 0.15) is 5.75 Å². The fraction of sp³-hybridized carbons (Fsp3) is 0.276. The maximum Gasteiger partial charge on any atom is 0.224 e. The van der Waals surface area contributed by atoms with Crippen LogP contribution in [0.15, 0.2) is 72.9 Å². The van der Waals surface area contributed by atoms with Crippen molar-refractivity contribution in [2.24, 2.45) is 5.92 Å². The Balaban J connectivity index is 1.34. The van der Waals surface area contributed by atoms with Crippen LogP contribution in [0.1, 0.15) is 40.2 Å². The number of fused-ring (bicyclic) bond motifs is 1. The first-order chi connectivity index (χ1) is 16.0. The number of para-hydroxylation sites is 2. The third-order valence-corrected chi connectivity index (χ3v) is 6.84. The fourth-order valence-corrected chi connectivity index (χ4v) is 4.85.